The molecule has 0 aromatic heterocycles. The molecule has 0 aromatic carbocycles. The van der Waals surface area contributed by atoms with Gasteiger partial charge in [-0.25, -0.2) is 9.59 Å². The number of hydrogen-bond donors (Lipinski definition) is 1. The average molecular weight is 229 g/mol. The van der Waals surface area contributed by atoms with Crippen LogP contribution in [-0.4, -0.2) is 39.8 Å². The molecule has 16 heavy (non-hydrogen) atoms. The zero-order valence-electron chi connectivity index (χ0n) is 10.2. The molecule has 1 aliphatic rings. The molecule has 0 aromatic rings. The number of likely N-dealkylation sites (tertiary alicyclic amines) is 1. The molecule has 92 valence electrons. The number of amides is 1. The molecule has 1 amide bonds. The van der Waals surface area contributed by atoms with E-state index in [1.54, 1.807) is 27.7 Å². The van der Waals surface area contributed by atoms with E-state index in [1.807, 2.05) is 0 Å². The molecule has 1 fully saturated rings. The van der Waals surface area contributed by atoms with Crippen LogP contribution < -0.4 is 0 Å². The summed E-state index contributed by atoms with van der Waals surface area (Å²) in [5.41, 5.74) is -1.62. The molecule has 0 unspecified atom stereocenters. The predicted octanol–water partition coefficient (Wildman–Crippen LogP) is 1.86. The second kappa shape index (κ2) is 3.96. The Bertz CT molecular complexity index is 308. The summed E-state index contributed by atoms with van der Waals surface area (Å²) in [5.74, 6) is -0.458. The first kappa shape index (κ1) is 12.8. The molecule has 0 saturated carbocycles. The lowest BCUT2D eigenvalue weighted by atomic mass is 9.99. The maximum absolute atomic E-state index is 12.0. The lowest BCUT2D eigenvalue weighted by Gasteiger charge is -2.33. The molecule has 1 rings (SSSR count). The van der Waals surface area contributed by atoms with Crippen LogP contribution in [0.1, 0.15) is 40.5 Å². The molecule has 1 aliphatic heterocycles. The van der Waals surface area contributed by atoms with Gasteiger partial charge in [-0.15, -0.1) is 0 Å². The van der Waals surface area contributed by atoms with Gasteiger partial charge in [0.05, 0.1) is 0 Å². The largest absolute Gasteiger partial charge is 0.465 e. The Morgan fingerprint density at radius 2 is 1.94 bits per heavy atom. The standard InChI is InChI=1S/C11H19NO4/c1-10(2,3)16-8(13)11(4)6-5-7-12(11)9(14)15/h5-7H2,1-4H3,(H,14,15)/t11-/m0/s1. The molecule has 1 atom stereocenters. The zero-order valence-corrected chi connectivity index (χ0v) is 10.2. The molecule has 5 heteroatoms. The van der Waals surface area contributed by atoms with Crippen molar-refractivity contribution in [2.75, 3.05) is 6.54 Å². The van der Waals surface area contributed by atoms with E-state index in [4.69, 9.17) is 9.84 Å². The first-order chi connectivity index (χ1) is 7.17. The fourth-order valence-electron chi connectivity index (χ4n) is 1.87. The van der Waals surface area contributed by atoms with Crippen molar-refractivity contribution in [1.82, 2.24) is 4.90 Å². The predicted molar refractivity (Wildman–Crippen MR) is 58.2 cm³/mol. The van der Waals surface area contributed by atoms with Crippen LogP contribution in [0.3, 0.4) is 0 Å². The lowest BCUT2D eigenvalue weighted by molar-refractivity contribution is -0.166. The minimum atomic E-state index is -1.06. The fraction of sp³-hybridized carbons (Fsp3) is 0.818. The van der Waals surface area contributed by atoms with Crippen molar-refractivity contribution in [3.05, 3.63) is 0 Å². The van der Waals surface area contributed by atoms with E-state index in [2.05, 4.69) is 0 Å². The minimum absolute atomic E-state index is 0.394. The minimum Gasteiger partial charge on any atom is -0.465 e. The molecule has 0 aliphatic carbocycles. The van der Waals surface area contributed by atoms with Crippen LogP contribution in [0.4, 0.5) is 4.79 Å². The van der Waals surface area contributed by atoms with Crippen LogP contribution in [0.25, 0.3) is 0 Å². The molecule has 1 heterocycles. The monoisotopic (exact) mass is 229 g/mol. The van der Waals surface area contributed by atoms with Gasteiger partial charge in [0.15, 0.2) is 0 Å². The quantitative estimate of drug-likeness (QED) is 0.697. The van der Waals surface area contributed by atoms with E-state index < -0.39 is 23.2 Å². The number of ether oxygens (including phenoxy) is 1. The van der Waals surface area contributed by atoms with Crippen LogP contribution in [0.5, 0.6) is 0 Å². The van der Waals surface area contributed by atoms with Crippen molar-refractivity contribution in [3.8, 4) is 0 Å². The zero-order chi connectivity index (χ0) is 12.6. The van der Waals surface area contributed by atoms with Gasteiger partial charge in [0.1, 0.15) is 11.1 Å². The summed E-state index contributed by atoms with van der Waals surface area (Å²) in [6.45, 7) is 7.34. The highest BCUT2D eigenvalue weighted by Crippen LogP contribution is 2.31. The molecule has 0 spiro atoms. The van der Waals surface area contributed by atoms with Gasteiger partial charge in [-0.3, -0.25) is 4.90 Å². The van der Waals surface area contributed by atoms with E-state index in [-0.39, 0.29) is 0 Å². The van der Waals surface area contributed by atoms with Gasteiger partial charge in [0.2, 0.25) is 0 Å². The van der Waals surface area contributed by atoms with Crippen LogP contribution in [0.15, 0.2) is 0 Å². The van der Waals surface area contributed by atoms with E-state index in [9.17, 15) is 9.59 Å². The molecule has 1 saturated heterocycles. The highest BCUT2D eigenvalue weighted by Gasteiger charge is 2.48. The first-order valence-corrected chi connectivity index (χ1v) is 5.41. The summed E-state index contributed by atoms with van der Waals surface area (Å²) in [6.07, 6.45) is 0.154. The summed E-state index contributed by atoms with van der Waals surface area (Å²) in [4.78, 5) is 24.1. The smallest absolute Gasteiger partial charge is 0.408 e. The van der Waals surface area contributed by atoms with E-state index in [0.717, 1.165) is 0 Å². The molecular formula is C11H19NO4. The van der Waals surface area contributed by atoms with Crippen molar-refractivity contribution in [3.63, 3.8) is 0 Å². The molecule has 0 bridgehead atoms. The summed E-state index contributed by atoms with van der Waals surface area (Å²) in [7, 11) is 0. The number of hydrogen-bond acceptors (Lipinski definition) is 3. The number of carbonyl (C=O) groups is 2. The van der Waals surface area contributed by atoms with Gasteiger partial charge in [0.25, 0.3) is 0 Å². The van der Waals surface area contributed by atoms with Crippen molar-refractivity contribution >= 4 is 12.1 Å². The Morgan fingerprint density at radius 3 is 2.38 bits per heavy atom. The van der Waals surface area contributed by atoms with Crippen LogP contribution >= 0.6 is 0 Å². The Morgan fingerprint density at radius 1 is 1.38 bits per heavy atom. The maximum atomic E-state index is 12.0. The van der Waals surface area contributed by atoms with Crippen LogP contribution in [0.2, 0.25) is 0 Å². The number of carbonyl (C=O) groups excluding carboxylic acids is 1. The molecule has 5 nitrogen and oxygen atoms in total. The third-order valence-electron chi connectivity index (χ3n) is 2.71. The summed E-state index contributed by atoms with van der Waals surface area (Å²) in [6, 6.07) is 0. The summed E-state index contributed by atoms with van der Waals surface area (Å²) >= 11 is 0. The fourth-order valence-corrected chi connectivity index (χ4v) is 1.87. The van der Waals surface area contributed by atoms with Gasteiger partial charge < -0.3 is 9.84 Å². The number of esters is 1. The third-order valence-corrected chi connectivity index (χ3v) is 2.71. The average Bonchev–Trinajstić information content (AvgIpc) is 2.45. The first-order valence-electron chi connectivity index (χ1n) is 5.41. The summed E-state index contributed by atoms with van der Waals surface area (Å²) < 4.78 is 5.26. The van der Waals surface area contributed by atoms with E-state index in [1.165, 1.54) is 4.90 Å². The number of nitrogens with zero attached hydrogens (tertiary/aromatic N) is 1. The number of rotatable bonds is 1. The highest BCUT2D eigenvalue weighted by molar-refractivity contribution is 5.85. The topological polar surface area (TPSA) is 66.8 Å². The lowest BCUT2D eigenvalue weighted by Crippen LogP contribution is -2.52. The molecule has 0 radical (unpaired) electrons. The van der Waals surface area contributed by atoms with Crippen LogP contribution in [0, 0.1) is 0 Å². The van der Waals surface area contributed by atoms with Gasteiger partial charge >= 0.3 is 12.1 Å². The number of carboxylic acid groups (broad SMARTS) is 1. The van der Waals surface area contributed by atoms with E-state index >= 15 is 0 Å². The van der Waals surface area contributed by atoms with Gasteiger partial charge in [0, 0.05) is 6.54 Å². The van der Waals surface area contributed by atoms with Crippen molar-refractivity contribution in [1.29, 1.82) is 0 Å². The van der Waals surface area contributed by atoms with Crippen molar-refractivity contribution in [2.24, 2.45) is 0 Å². The normalized spacial score (nSPS) is 25.6. The Kier molecular flexibility index (Phi) is 3.17. The second-order valence-corrected chi connectivity index (χ2v) is 5.31. The van der Waals surface area contributed by atoms with Gasteiger partial charge in [-0.1, -0.05) is 0 Å². The Hall–Kier alpha value is -1.26. The highest BCUT2D eigenvalue weighted by atomic mass is 16.6. The third kappa shape index (κ3) is 2.46. The molecule has 1 N–H and O–H groups in total. The van der Waals surface area contributed by atoms with Crippen LogP contribution in [-0.2, 0) is 9.53 Å². The molecular weight excluding hydrogens is 210 g/mol. The van der Waals surface area contributed by atoms with Crippen molar-refractivity contribution in [2.45, 2.75) is 51.7 Å². The SMILES string of the molecule is CC(C)(C)OC(=O)[C@]1(C)CCCN1C(=O)O. The Labute approximate surface area is 95.4 Å². The summed E-state index contributed by atoms with van der Waals surface area (Å²) in [5, 5.41) is 9.01. The second-order valence-electron chi connectivity index (χ2n) is 5.31. The Balaban J connectivity index is 2.84. The van der Waals surface area contributed by atoms with Gasteiger partial charge in [-0.2, -0.15) is 0 Å². The maximum Gasteiger partial charge on any atom is 0.408 e. The van der Waals surface area contributed by atoms with E-state index in [0.29, 0.717) is 19.4 Å². The van der Waals surface area contributed by atoms with Crippen molar-refractivity contribution < 1.29 is 19.4 Å². The van der Waals surface area contributed by atoms with Gasteiger partial charge in [-0.05, 0) is 40.5 Å².